The van der Waals surface area contributed by atoms with Crippen LogP contribution in [0.4, 0.5) is 0 Å². The van der Waals surface area contributed by atoms with Crippen molar-refractivity contribution in [1.29, 1.82) is 0 Å². The first-order chi connectivity index (χ1) is 11.2. The average molecular weight is 332 g/mol. The summed E-state index contributed by atoms with van der Waals surface area (Å²) in [5.74, 6) is 0.0428. The van der Waals surface area contributed by atoms with Crippen LogP contribution in [0.1, 0.15) is 40.5 Å². The summed E-state index contributed by atoms with van der Waals surface area (Å²) in [7, 11) is 0. The highest BCUT2D eigenvalue weighted by atomic mass is 16.3. The van der Waals surface area contributed by atoms with Crippen LogP contribution in [0.25, 0.3) is 0 Å². The van der Waals surface area contributed by atoms with Gasteiger partial charge in [0.25, 0.3) is 0 Å². The Morgan fingerprint density at radius 1 is 1.25 bits per heavy atom. The van der Waals surface area contributed by atoms with Crippen LogP contribution in [0.15, 0.2) is 34.9 Å². The molecule has 5 atom stereocenters. The predicted octanol–water partition coefficient (Wildman–Crippen LogP) is 2.15. The first-order valence-corrected chi connectivity index (χ1v) is 8.82. The third-order valence-corrected chi connectivity index (χ3v) is 6.59. The molecule has 0 bridgehead atoms. The molecule has 0 aromatic heterocycles. The van der Waals surface area contributed by atoms with Crippen LogP contribution >= 0.6 is 0 Å². The molecule has 0 radical (unpaired) electrons. The van der Waals surface area contributed by atoms with Crippen molar-refractivity contribution in [1.82, 2.24) is 0 Å². The lowest BCUT2D eigenvalue weighted by Crippen LogP contribution is -2.35. The summed E-state index contributed by atoms with van der Waals surface area (Å²) >= 11 is 0. The fourth-order valence-corrected chi connectivity index (χ4v) is 5.21. The van der Waals surface area contributed by atoms with Crippen LogP contribution in [0, 0.1) is 22.7 Å². The molecule has 132 valence electrons. The van der Waals surface area contributed by atoms with E-state index >= 15 is 0 Å². The molecule has 24 heavy (non-hydrogen) atoms. The zero-order chi connectivity index (χ0) is 17.9. The van der Waals surface area contributed by atoms with Crippen LogP contribution < -0.4 is 0 Å². The van der Waals surface area contributed by atoms with E-state index in [0.717, 1.165) is 24.0 Å². The second-order valence-electron chi connectivity index (χ2n) is 8.39. The smallest absolute Gasteiger partial charge is 0.184 e. The third kappa shape index (κ3) is 2.27. The number of rotatable bonds is 2. The minimum absolute atomic E-state index is 0.0274. The molecule has 3 aliphatic carbocycles. The topological polar surface area (TPSA) is 77.8 Å². The third-order valence-electron chi connectivity index (χ3n) is 6.59. The summed E-state index contributed by atoms with van der Waals surface area (Å²) in [5, 5.41) is 31.0. The van der Waals surface area contributed by atoms with E-state index < -0.39 is 12.2 Å². The van der Waals surface area contributed by atoms with Crippen molar-refractivity contribution in [3.63, 3.8) is 0 Å². The maximum Gasteiger partial charge on any atom is 0.184 e. The van der Waals surface area contributed by atoms with Crippen LogP contribution in [0.2, 0.25) is 0 Å². The average Bonchev–Trinajstić information content (AvgIpc) is 2.62. The second kappa shape index (κ2) is 5.65. The lowest BCUT2D eigenvalue weighted by Gasteiger charge is -2.37. The van der Waals surface area contributed by atoms with Gasteiger partial charge in [0.2, 0.25) is 0 Å². The Balaban J connectivity index is 2.21. The van der Waals surface area contributed by atoms with E-state index in [9.17, 15) is 20.1 Å². The highest BCUT2D eigenvalue weighted by molar-refractivity contribution is 6.06. The van der Waals surface area contributed by atoms with Gasteiger partial charge in [-0.05, 0) is 47.3 Å². The molecule has 3 rings (SSSR count). The zero-order valence-corrected chi connectivity index (χ0v) is 14.9. The maximum atomic E-state index is 12.2. The van der Waals surface area contributed by atoms with E-state index in [0.29, 0.717) is 5.57 Å². The van der Waals surface area contributed by atoms with Crippen molar-refractivity contribution in [2.45, 2.75) is 52.7 Å². The molecular formula is C20H28O4. The number of hydrogen-bond acceptors (Lipinski definition) is 4. The monoisotopic (exact) mass is 332 g/mol. The Bertz CT molecular complexity index is 657. The summed E-state index contributed by atoms with van der Waals surface area (Å²) < 4.78 is 0. The van der Waals surface area contributed by atoms with E-state index in [4.69, 9.17) is 0 Å². The summed E-state index contributed by atoms with van der Waals surface area (Å²) in [6.45, 7) is 8.05. The van der Waals surface area contributed by atoms with Gasteiger partial charge in [-0.25, -0.2) is 0 Å². The Morgan fingerprint density at radius 3 is 2.50 bits per heavy atom. The van der Waals surface area contributed by atoms with Gasteiger partial charge in [0.1, 0.15) is 6.10 Å². The van der Waals surface area contributed by atoms with Gasteiger partial charge in [-0.1, -0.05) is 39.8 Å². The standard InChI is InChI=1S/C20H28O4/c1-11(2)16-18(24)17(23)14-9-13-12(10-21)15(22)5-6-19(13,3)7-8-20(14,16)4/h5-6,9,11,16-18,21,23-24H,7-8,10H2,1-4H3. The van der Waals surface area contributed by atoms with Crippen molar-refractivity contribution in [3.8, 4) is 0 Å². The number of ketones is 1. The Kier molecular flexibility index (Phi) is 4.14. The first kappa shape index (κ1) is 17.6. The van der Waals surface area contributed by atoms with E-state index in [-0.39, 0.29) is 35.1 Å². The van der Waals surface area contributed by atoms with Crippen LogP contribution in [0.5, 0.6) is 0 Å². The molecule has 0 heterocycles. The highest BCUT2D eigenvalue weighted by Gasteiger charge is 2.56. The van der Waals surface area contributed by atoms with Gasteiger partial charge < -0.3 is 15.3 Å². The van der Waals surface area contributed by atoms with Crippen molar-refractivity contribution in [2.75, 3.05) is 6.61 Å². The second-order valence-corrected chi connectivity index (χ2v) is 8.39. The number of aliphatic hydroxyl groups excluding tert-OH is 3. The number of carbonyl (C=O) groups is 1. The predicted molar refractivity (Wildman–Crippen MR) is 92.1 cm³/mol. The molecule has 0 aromatic carbocycles. The summed E-state index contributed by atoms with van der Waals surface area (Å²) in [6, 6.07) is 0. The van der Waals surface area contributed by atoms with E-state index in [1.54, 1.807) is 6.08 Å². The van der Waals surface area contributed by atoms with Crippen LogP contribution in [0.3, 0.4) is 0 Å². The van der Waals surface area contributed by atoms with Crippen molar-refractivity contribution >= 4 is 5.78 Å². The molecule has 0 aliphatic heterocycles. The number of allylic oxidation sites excluding steroid dienone is 4. The number of fused-ring (bicyclic) bond motifs is 2. The summed E-state index contributed by atoms with van der Waals surface area (Å²) in [6.07, 6.45) is 5.32. The molecule has 0 saturated heterocycles. The zero-order valence-electron chi connectivity index (χ0n) is 14.9. The lowest BCUT2D eigenvalue weighted by atomic mass is 9.67. The minimum atomic E-state index is -0.918. The fraction of sp³-hybridized carbons (Fsp3) is 0.650. The van der Waals surface area contributed by atoms with Gasteiger partial charge in [-0.15, -0.1) is 0 Å². The molecule has 1 fully saturated rings. The summed E-state index contributed by atoms with van der Waals surface area (Å²) in [4.78, 5) is 12.2. The van der Waals surface area contributed by atoms with E-state index in [1.165, 1.54) is 0 Å². The van der Waals surface area contributed by atoms with Crippen molar-refractivity contribution in [2.24, 2.45) is 22.7 Å². The van der Waals surface area contributed by atoms with Crippen LogP contribution in [-0.4, -0.2) is 39.9 Å². The largest absolute Gasteiger partial charge is 0.392 e. The van der Waals surface area contributed by atoms with Crippen LogP contribution in [-0.2, 0) is 4.79 Å². The summed E-state index contributed by atoms with van der Waals surface area (Å²) in [5.41, 5.74) is 1.39. The van der Waals surface area contributed by atoms with Gasteiger partial charge in [0.15, 0.2) is 5.78 Å². The van der Waals surface area contributed by atoms with Crippen molar-refractivity contribution < 1.29 is 20.1 Å². The first-order valence-electron chi connectivity index (χ1n) is 8.82. The molecule has 1 saturated carbocycles. The molecule has 4 nitrogen and oxygen atoms in total. The SMILES string of the molecule is CC(C)C1C(O)C(O)C2=CC3=C(CO)C(=O)C=CC3(C)CCC21C. The number of hydrogen-bond donors (Lipinski definition) is 3. The quantitative estimate of drug-likeness (QED) is 0.724. The normalized spacial score (nSPS) is 42.1. The van der Waals surface area contributed by atoms with Gasteiger partial charge in [-0.2, -0.15) is 0 Å². The fourth-order valence-electron chi connectivity index (χ4n) is 5.21. The molecule has 3 aliphatic rings. The molecule has 0 aromatic rings. The minimum Gasteiger partial charge on any atom is -0.392 e. The molecular weight excluding hydrogens is 304 g/mol. The Morgan fingerprint density at radius 2 is 1.92 bits per heavy atom. The van der Waals surface area contributed by atoms with Gasteiger partial charge in [0, 0.05) is 11.0 Å². The van der Waals surface area contributed by atoms with Gasteiger partial charge in [0.05, 0.1) is 12.7 Å². The van der Waals surface area contributed by atoms with Gasteiger partial charge in [-0.3, -0.25) is 4.79 Å². The highest BCUT2D eigenvalue weighted by Crippen LogP contribution is 2.58. The lowest BCUT2D eigenvalue weighted by molar-refractivity contribution is -0.112. The molecule has 0 spiro atoms. The number of carbonyl (C=O) groups excluding carboxylic acids is 1. The van der Waals surface area contributed by atoms with E-state index in [2.05, 4.69) is 27.7 Å². The molecule has 4 heteroatoms. The Labute approximate surface area is 143 Å². The van der Waals surface area contributed by atoms with E-state index in [1.807, 2.05) is 12.2 Å². The molecule has 0 amide bonds. The van der Waals surface area contributed by atoms with Crippen molar-refractivity contribution in [3.05, 3.63) is 34.9 Å². The molecule has 5 unspecified atom stereocenters. The Hall–Kier alpha value is -1.23. The molecule has 3 N–H and O–H groups in total. The maximum absolute atomic E-state index is 12.2. The number of aliphatic hydroxyl groups is 3. The van der Waals surface area contributed by atoms with Gasteiger partial charge >= 0.3 is 0 Å².